The summed E-state index contributed by atoms with van der Waals surface area (Å²) in [5.41, 5.74) is 1.11. The average molecular weight is 280 g/mol. The summed E-state index contributed by atoms with van der Waals surface area (Å²) in [5, 5.41) is 0. The van der Waals surface area contributed by atoms with Gasteiger partial charge in [0.1, 0.15) is 12.4 Å². The molecule has 2 aromatic rings. The molecule has 4 heteroatoms. The van der Waals surface area contributed by atoms with E-state index in [1.165, 1.54) is 0 Å². The first kappa shape index (κ1) is 12.7. The molecular formula is C13H12OS3. The maximum absolute atomic E-state index is 5.73. The van der Waals surface area contributed by atoms with Gasteiger partial charge in [-0.05, 0) is 17.7 Å². The van der Waals surface area contributed by atoms with Crippen LogP contribution in [0.1, 0.15) is 5.56 Å². The largest absolute Gasteiger partial charge is 0.487 e. The van der Waals surface area contributed by atoms with Gasteiger partial charge in [0.25, 0.3) is 0 Å². The molecule has 1 nitrogen and oxygen atoms in total. The number of hydrogen-bond acceptors (Lipinski definition) is 4. The zero-order chi connectivity index (χ0) is 12.3. The van der Waals surface area contributed by atoms with Crippen LogP contribution in [0.25, 0.3) is 0 Å². The highest BCUT2D eigenvalue weighted by Crippen LogP contribution is 2.35. The average Bonchev–Trinajstić information content (AvgIpc) is 2.35. The lowest BCUT2D eigenvalue weighted by Crippen LogP contribution is -1.97. The predicted molar refractivity (Wildman–Crippen MR) is 79.0 cm³/mol. The molecule has 0 unspecified atom stereocenters. The molecule has 0 radical (unpaired) electrons. The van der Waals surface area contributed by atoms with Crippen LogP contribution in [0.2, 0.25) is 0 Å². The molecule has 0 spiro atoms. The van der Waals surface area contributed by atoms with Crippen LogP contribution in [0.5, 0.6) is 5.75 Å². The fraction of sp³-hybridized carbons (Fsp3) is 0.0769. The summed E-state index contributed by atoms with van der Waals surface area (Å²) in [6.07, 6.45) is 0. The molecule has 0 aliphatic carbocycles. The van der Waals surface area contributed by atoms with E-state index in [1.54, 1.807) is 0 Å². The van der Waals surface area contributed by atoms with Crippen molar-refractivity contribution in [1.82, 2.24) is 0 Å². The highest BCUT2D eigenvalue weighted by molar-refractivity contribution is 7.83. The Morgan fingerprint density at radius 2 is 1.47 bits per heavy atom. The van der Waals surface area contributed by atoms with Crippen LogP contribution in [-0.4, -0.2) is 0 Å². The van der Waals surface area contributed by atoms with Crippen LogP contribution in [0.3, 0.4) is 0 Å². The second-order valence-electron chi connectivity index (χ2n) is 3.56. The Kier molecular flexibility index (Phi) is 4.31. The van der Waals surface area contributed by atoms with Crippen molar-refractivity contribution in [2.75, 3.05) is 0 Å². The predicted octanol–water partition coefficient (Wildman–Crippen LogP) is 4.13. The lowest BCUT2D eigenvalue weighted by molar-refractivity contribution is 0.290. The summed E-state index contributed by atoms with van der Waals surface area (Å²) in [6.45, 7) is 0.499. The van der Waals surface area contributed by atoms with E-state index in [4.69, 9.17) is 4.74 Å². The van der Waals surface area contributed by atoms with E-state index in [-0.39, 0.29) is 0 Å². The summed E-state index contributed by atoms with van der Waals surface area (Å²) >= 11 is 13.0. The van der Waals surface area contributed by atoms with Crippen LogP contribution in [0, 0.1) is 0 Å². The Labute approximate surface area is 117 Å². The number of benzene rings is 2. The van der Waals surface area contributed by atoms with Crippen LogP contribution in [0.4, 0.5) is 0 Å². The summed E-state index contributed by atoms with van der Waals surface area (Å²) in [6, 6.07) is 13.7. The standard InChI is InChI=1S/C13H12OS3/c15-10-6-7-11(16)13(17)12(10)14-8-9-4-2-1-3-5-9/h1-7,15-17H,8H2. The number of hydrogen-bond donors (Lipinski definition) is 3. The molecule has 0 amide bonds. The monoisotopic (exact) mass is 280 g/mol. The van der Waals surface area contributed by atoms with Gasteiger partial charge < -0.3 is 4.74 Å². The fourth-order valence-electron chi connectivity index (χ4n) is 1.42. The maximum atomic E-state index is 5.73. The van der Waals surface area contributed by atoms with E-state index >= 15 is 0 Å². The molecule has 0 saturated carbocycles. The molecule has 0 bridgehead atoms. The molecule has 0 aliphatic rings. The van der Waals surface area contributed by atoms with Gasteiger partial charge in [0.2, 0.25) is 0 Å². The molecule has 0 atom stereocenters. The van der Waals surface area contributed by atoms with E-state index in [0.29, 0.717) is 12.4 Å². The number of ether oxygens (including phenoxy) is 1. The lowest BCUT2D eigenvalue weighted by atomic mass is 10.2. The molecule has 0 fully saturated rings. The summed E-state index contributed by atoms with van der Waals surface area (Å²) in [5.74, 6) is 0.674. The van der Waals surface area contributed by atoms with Gasteiger partial charge in [-0.2, -0.15) is 0 Å². The molecule has 0 N–H and O–H groups in total. The second-order valence-corrected chi connectivity index (χ2v) is 4.97. The molecule has 2 aromatic carbocycles. The van der Waals surface area contributed by atoms with Crippen LogP contribution < -0.4 is 4.74 Å². The summed E-state index contributed by atoms with van der Waals surface area (Å²) in [7, 11) is 0. The first-order valence-electron chi connectivity index (χ1n) is 5.09. The lowest BCUT2D eigenvalue weighted by Gasteiger charge is -2.12. The van der Waals surface area contributed by atoms with Crippen molar-refractivity contribution in [3.8, 4) is 5.75 Å². The molecule has 2 rings (SSSR count). The Balaban J connectivity index is 2.17. The van der Waals surface area contributed by atoms with Crippen molar-refractivity contribution in [2.45, 2.75) is 21.3 Å². The van der Waals surface area contributed by atoms with E-state index in [2.05, 4.69) is 37.9 Å². The highest BCUT2D eigenvalue weighted by Gasteiger charge is 2.08. The Morgan fingerprint density at radius 3 is 2.18 bits per heavy atom. The SMILES string of the molecule is Sc1ccc(S)c(OCc2ccccc2)c1S. The number of thiol groups is 3. The fourth-order valence-corrected chi connectivity index (χ4v) is 2.20. The van der Waals surface area contributed by atoms with Gasteiger partial charge >= 0.3 is 0 Å². The second kappa shape index (κ2) is 5.76. The van der Waals surface area contributed by atoms with Crippen molar-refractivity contribution in [2.24, 2.45) is 0 Å². The first-order valence-corrected chi connectivity index (χ1v) is 6.43. The van der Waals surface area contributed by atoms with Gasteiger partial charge in [-0.25, -0.2) is 0 Å². The third-order valence-electron chi connectivity index (χ3n) is 2.32. The first-order chi connectivity index (χ1) is 8.18. The van der Waals surface area contributed by atoms with Crippen molar-refractivity contribution in [3.05, 3.63) is 48.0 Å². The van der Waals surface area contributed by atoms with Crippen molar-refractivity contribution >= 4 is 37.9 Å². The summed E-state index contributed by atoms with van der Waals surface area (Å²) in [4.78, 5) is 2.27. The van der Waals surface area contributed by atoms with Crippen molar-refractivity contribution < 1.29 is 4.74 Å². The van der Waals surface area contributed by atoms with Crippen LogP contribution in [-0.2, 0) is 6.61 Å². The minimum absolute atomic E-state index is 0.499. The van der Waals surface area contributed by atoms with E-state index in [1.807, 2.05) is 42.5 Å². The Bertz CT molecular complexity index is 512. The van der Waals surface area contributed by atoms with E-state index in [9.17, 15) is 0 Å². The summed E-state index contributed by atoms with van der Waals surface area (Å²) < 4.78 is 5.73. The quantitative estimate of drug-likeness (QED) is 0.717. The maximum Gasteiger partial charge on any atom is 0.147 e. The zero-order valence-corrected chi connectivity index (χ0v) is 11.7. The van der Waals surface area contributed by atoms with Gasteiger partial charge in [-0.3, -0.25) is 0 Å². The van der Waals surface area contributed by atoms with Gasteiger partial charge in [-0.1, -0.05) is 30.3 Å². The highest BCUT2D eigenvalue weighted by atomic mass is 32.1. The molecule has 88 valence electrons. The third kappa shape index (κ3) is 3.15. The van der Waals surface area contributed by atoms with Gasteiger partial charge in [-0.15, -0.1) is 37.9 Å². The molecule has 0 aromatic heterocycles. The van der Waals surface area contributed by atoms with Crippen molar-refractivity contribution in [3.63, 3.8) is 0 Å². The molecular weight excluding hydrogens is 268 g/mol. The Hall–Kier alpha value is -0.710. The van der Waals surface area contributed by atoms with Crippen molar-refractivity contribution in [1.29, 1.82) is 0 Å². The van der Waals surface area contributed by atoms with Crippen LogP contribution >= 0.6 is 37.9 Å². The van der Waals surface area contributed by atoms with E-state index < -0.39 is 0 Å². The Morgan fingerprint density at radius 1 is 0.824 bits per heavy atom. The molecule has 0 heterocycles. The van der Waals surface area contributed by atoms with E-state index in [0.717, 1.165) is 20.2 Å². The molecule has 0 aliphatic heterocycles. The van der Waals surface area contributed by atoms with Gasteiger partial charge in [0.15, 0.2) is 0 Å². The third-order valence-corrected chi connectivity index (χ3v) is 3.66. The minimum atomic E-state index is 0.499. The normalized spacial score (nSPS) is 10.3. The molecule has 17 heavy (non-hydrogen) atoms. The zero-order valence-electron chi connectivity index (χ0n) is 9.00. The topological polar surface area (TPSA) is 9.23 Å². The smallest absolute Gasteiger partial charge is 0.147 e. The number of rotatable bonds is 3. The molecule has 0 saturated heterocycles. The van der Waals surface area contributed by atoms with Gasteiger partial charge in [0.05, 0.1) is 4.90 Å². The van der Waals surface area contributed by atoms with Gasteiger partial charge in [0, 0.05) is 9.79 Å². The minimum Gasteiger partial charge on any atom is -0.487 e. The van der Waals surface area contributed by atoms with Crippen LogP contribution in [0.15, 0.2) is 57.2 Å².